The molecule has 3 fully saturated rings. The number of nitrogens with zero attached hydrogens (tertiary/aromatic N) is 1. The van der Waals surface area contributed by atoms with Crippen LogP contribution in [0.3, 0.4) is 0 Å². The van der Waals surface area contributed by atoms with E-state index in [1.54, 1.807) is 20.8 Å². The number of ether oxygens (including phenoxy) is 1. The Kier molecular flexibility index (Phi) is 5.62. The number of nitrogens with two attached hydrogens (primary N) is 1. The number of carbonyl (C=O) groups is 3. The van der Waals surface area contributed by atoms with Crippen molar-refractivity contribution in [1.29, 1.82) is 0 Å². The summed E-state index contributed by atoms with van der Waals surface area (Å²) in [5, 5.41) is 13.1. The van der Waals surface area contributed by atoms with Crippen molar-refractivity contribution in [3.8, 4) is 0 Å². The molecule has 3 unspecified atom stereocenters. The number of primary amides is 1. The summed E-state index contributed by atoms with van der Waals surface area (Å²) >= 11 is 0. The lowest BCUT2D eigenvalue weighted by atomic mass is 9.79. The average molecular weight is 410 g/mol. The minimum Gasteiger partial charge on any atom is -0.444 e. The minimum absolute atomic E-state index is 0.0325. The van der Waals surface area contributed by atoms with E-state index in [4.69, 9.17) is 10.5 Å². The fourth-order valence-electron chi connectivity index (χ4n) is 4.92. The summed E-state index contributed by atoms with van der Waals surface area (Å²) in [5.74, 6) is -0.569. The van der Waals surface area contributed by atoms with Gasteiger partial charge >= 0.3 is 6.09 Å². The lowest BCUT2D eigenvalue weighted by Gasteiger charge is -2.35. The Morgan fingerprint density at radius 1 is 1.28 bits per heavy atom. The van der Waals surface area contributed by atoms with E-state index in [0.29, 0.717) is 18.9 Å². The highest BCUT2D eigenvalue weighted by molar-refractivity contribution is 5.89. The molecule has 5 atom stereocenters. The molecule has 0 spiro atoms. The Balaban J connectivity index is 1.75. The normalized spacial score (nSPS) is 30.0. The molecule has 0 bridgehead atoms. The van der Waals surface area contributed by atoms with E-state index < -0.39 is 35.8 Å². The van der Waals surface area contributed by atoms with Crippen LogP contribution in [0, 0.1) is 23.2 Å². The second kappa shape index (κ2) is 7.45. The van der Waals surface area contributed by atoms with Crippen LogP contribution in [0.5, 0.6) is 0 Å². The Bertz CT molecular complexity index is 682. The standard InChI is InChI=1S/C21H35N3O5/c1-20(2,3)29-19(28)24-10-12-14(21(12,4)5)15(24)18(27)23-13(16(25)17(22)26)9-11-7-6-8-11/h11-16,25H,6-10H2,1-5H3,(H2,22,26)(H,23,27)/t12-,13?,14?,15-,16?/m0/s1. The van der Waals surface area contributed by atoms with E-state index >= 15 is 0 Å². The molecule has 4 N–H and O–H groups in total. The van der Waals surface area contributed by atoms with Crippen LogP contribution < -0.4 is 11.1 Å². The molecule has 0 radical (unpaired) electrons. The average Bonchev–Trinajstić information content (AvgIpc) is 2.92. The molecule has 8 heteroatoms. The van der Waals surface area contributed by atoms with E-state index in [1.165, 1.54) is 4.90 Å². The molecule has 3 amide bonds. The molecule has 29 heavy (non-hydrogen) atoms. The molecule has 0 aromatic rings. The molecule has 0 aromatic heterocycles. The van der Waals surface area contributed by atoms with E-state index in [2.05, 4.69) is 19.2 Å². The van der Waals surface area contributed by atoms with Gasteiger partial charge in [-0.05, 0) is 50.4 Å². The number of nitrogens with one attached hydrogen (secondary N) is 1. The van der Waals surface area contributed by atoms with Crippen molar-refractivity contribution in [2.75, 3.05) is 6.54 Å². The summed E-state index contributed by atoms with van der Waals surface area (Å²) in [6, 6.07) is -1.42. The molecular weight excluding hydrogens is 374 g/mol. The van der Waals surface area contributed by atoms with Crippen LogP contribution in [0.25, 0.3) is 0 Å². The second-order valence-corrected chi connectivity index (χ2v) is 10.5. The van der Waals surface area contributed by atoms with Gasteiger partial charge in [0, 0.05) is 6.54 Å². The highest BCUT2D eigenvalue weighted by Gasteiger charge is 2.69. The number of likely N-dealkylation sites (tertiary alicyclic amines) is 1. The zero-order valence-corrected chi connectivity index (χ0v) is 18.1. The second-order valence-electron chi connectivity index (χ2n) is 10.5. The maximum Gasteiger partial charge on any atom is 0.410 e. The topological polar surface area (TPSA) is 122 Å². The number of aliphatic hydroxyl groups excluding tert-OH is 1. The fourth-order valence-corrected chi connectivity index (χ4v) is 4.92. The third-order valence-electron chi connectivity index (χ3n) is 6.92. The van der Waals surface area contributed by atoms with Crippen LogP contribution in [0.1, 0.15) is 60.3 Å². The third-order valence-corrected chi connectivity index (χ3v) is 6.92. The maximum absolute atomic E-state index is 13.3. The summed E-state index contributed by atoms with van der Waals surface area (Å²) in [4.78, 5) is 39.0. The first-order valence-corrected chi connectivity index (χ1v) is 10.6. The summed E-state index contributed by atoms with van der Waals surface area (Å²) in [5.41, 5.74) is 4.61. The Morgan fingerprint density at radius 2 is 1.90 bits per heavy atom. The van der Waals surface area contributed by atoms with Gasteiger partial charge in [0.15, 0.2) is 6.10 Å². The van der Waals surface area contributed by atoms with Crippen molar-refractivity contribution < 1.29 is 24.2 Å². The van der Waals surface area contributed by atoms with Crippen LogP contribution in [-0.2, 0) is 14.3 Å². The first-order valence-electron chi connectivity index (χ1n) is 10.6. The highest BCUT2D eigenvalue weighted by atomic mass is 16.6. The molecule has 3 aliphatic rings. The predicted molar refractivity (Wildman–Crippen MR) is 107 cm³/mol. The molecule has 164 valence electrons. The molecule has 2 saturated carbocycles. The monoisotopic (exact) mass is 409 g/mol. The summed E-state index contributed by atoms with van der Waals surface area (Å²) in [6.07, 6.45) is 1.70. The van der Waals surface area contributed by atoms with E-state index in [-0.39, 0.29) is 23.2 Å². The van der Waals surface area contributed by atoms with Crippen LogP contribution in [0.15, 0.2) is 0 Å². The number of rotatable bonds is 6. The summed E-state index contributed by atoms with van der Waals surface area (Å²) in [7, 11) is 0. The van der Waals surface area contributed by atoms with Crippen molar-refractivity contribution in [2.24, 2.45) is 28.9 Å². The number of carbonyl (C=O) groups excluding carboxylic acids is 3. The number of aliphatic hydroxyl groups is 1. The van der Waals surface area contributed by atoms with Gasteiger partial charge in [-0.3, -0.25) is 14.5 Å². The zero-order valence-electron chi connectivity index (χ0n) is 18.1. The molecule has 2 aliphatic carbocycles. The Morgan fingerprint density at radius 3 is 2.38 bits per heavy atom. The lowest BCUT2D eigenvalue weighted by molar-refractivity contribution is -0.132. The maximum atomic E-state index is 13.3. The van der Waals surface area contributed by atoms with Gasteiger partial charge in [0.2, 0.25) is 11.8 Å². The first kappa shape index (κ1) is 21.9. The lowest BCUT2D eigenvalue weighted by Crippen LogP contribution is -2.57. The first-order chi connectivity index (χ1) is 13.3. The van der Waals surface area contributed by atoms with Gasteiger partial charge in [-0.25, -0.2) is 4.79 Å². The van der Waals surface area contributed by atoms with Crippen LogP contribution in [0.4, 0.5) is 4.79 Å². The van der Waals surface area contributed by atoms with Gasteiger partial charge < -0.3 is 20.9 Å². The molecule has 1 aliphatic heterocycles. The van der Waals surface area contributed by atoms with Crippen molar-refractivity contribution in [1.82, 2.24) is 10.2 Å². The molecule has 0 aromatic carbocycles. The van der Waals surface area contributed by atoms with Gasteiger partial charge in [-0.1, -0.05) is 33.1 Å². The van der Waals surface area contributed by atoms with Crippen LogP contribution in [0.2, 0.25) is 0 Å². The molecule has 3 rings (SSSR count). The van der Waals surface area contributed by atoms with Gasteiger partial charge in [0.25, 0.3) is 0 Å². The molecule has 8 nitrogen and oxygen atoms in total. The Hall–Kier alpha value is -1.83. The third kappa shape index (κ3) is 4.37. The number of amides is 3. The number of piperidine rings is 1. The van der Waals surface area contributed by atoms with E-state index in [9.17, 15) is 19.5 Å². The van der Waals surface area contributed by atoms with Crippen LogP contribution in [-0.4, -0.2) is 58.2 Å². The quantitative estimate of drug-likeness (QED) is 0.612. The Labute approximate surface area is 172 Å². The van der Waals surface area contributed by atoms with Gasteiger partial charge in [-0.2, -0.15) is 0 Å². The molecule has 1 heterocycles. The summed E-state index contributed by atoms with van der Waals surface area (Å²) < 4.78 is 5.50. The number of fused-ring (bicyclic) bond motifs is 1. The largest absolute Gasteiger partial charge is 0.444 e. The minimum atomic E-state index is -1.45. The van der Waals surface area contributed by atoms with Gasteiger partial charge in [0.05, 0.1) is 6.04 Å². The smallest absolute Gasteiger partial charge is 0.410 e. The predicted octanol–water partition coefficient (Wildman–Crippen LogP) is 1.40. The number of hydrogen-bond donors (Lipinski definition) is 3. The van der Waals surface area contributed by atoms with Crippen molar-refractivity contribution >= 4 is 17.9 Å². The van der Waals surface area contributed by atoms with E-state index in [0.717, 1.165) is 19.3 Å². The zero-order chi connectivity index (χ0) is 21.7. The fraction of sp³-hybridized carbons (Fsp3) is 0.857. The van der Waals surface area contributed by atoms with Gasteiger partial charge in [0.1, 0.15) is 11.6 Å². The van der Waals surface area contributed by atoms with Gasteiger partial charge in [-0.15, -0.1) is 0 Å². The van der Waals surface area contributed by atoms with Crippen molar-refractivity contribution in [2.45, 2.75) is 84.1 Å². The van der Waals surface area contributed by atoms with Crippen LogP contribution >= 0.6 is 0 Å². The van der Waals surface area contributed by atoms with Crippen molar-refractivity contribution in [3.05, 3.63) is 0 Å². The SMILES string of the molecule is CC(C)(C)OC(=O)N1C[C@H]2C([C@H]1C(=O)NC(CC1CCC1)C(O)C(N)=O)C2(C)C. The molecule has 1 saturated heterocycles. The number of hydrogen-bond acceptors (Lipinski definition) is 5. The summed E-state index contributed by atoms with van der Waals surface area (Å²) in [6.45, 7) is 10.0. The van der Waals surface area contributed by atoms with Crippen molar-refractivity contribution in [3.63, 3.8) is 0 Å². The van der Waals surface area contributed by atoms with E-state index in [1.807, 2.05) is 0 Å². The highest BCUT2D eigenvalue weighted by Crippen LogP contribution is 2.65. The molecular formula is C21H35N3O5.